The lowest BCUT2D eigenvalue weighted by molar-refractivity contribution is 0.535. The van der Waals surface area contributed by atoms with Gasteiger partial charge in [0.25, 0.3) is 0 Å². The van der Waals surface area contributed by atoms with Gasteiger partial charge in [0.2, 0.25) is 0 Å². The maximum atomic E-state index is 12.0. The number of rotatable bonds is 6. The Balaban J connectivity index is 1.82. The molecule has 0 amide bonds. The Morgan fingerprint density at radius 2 is 1.89 bits per heavy atom. The summed E-state index contributed by atoms with van der Waals surface area (Å²) >= 11 is 0. The maximum Gasteiger partial charge on any atom is 0.328 e. The molecule has 0 aliphatic carbocycles. The molecule has 1 aromatic heterocycles. The summed E-state index contributed by atoms with van der Waals surface area (Å²) in [4.78, 5) is 12.0. The largest absolute Gasteiger partial charge is 0.328 e. The Morgan fingerprint density at radius 1 is 1.16 bits per heavy atom. The maximum absolute atomic E-state index is 12.0. The van der Waals surface area contributed by atoms with Crippen molar-refractivity contribution in [3.8, 4) is 0 Å². The van der Waals surface area contributed by atoms with E-state index in [1.54, 1.807) is 9.13 Å². The van der Waals surface area contributed by atoms with Gasteiger partial charge in [0, 0.05) is 38.1 Å². The molecule has 0 atom stereocenters. The van der Waals surface area contributed by atoms with Crippen LogP contribution in [0.15, 0.2) is 47.5 Å². The van der Waals surface area contributed by atoms with Crippen molar-refractivity contribution in [3.05, 3.63) is 58.8 Å². The van der Waals surface area contributed by atoms with Crippen molar-refractivity contribution in [2.75, 3.05) is 6.54 Å². The molecule has 0 unspecified atom stereocenters. The molecule has 0 aliphatic heterocycles. The molecule has 0 saturated heterocycles. The van der Waals surface area contributed by atoms with Crippen LogP contribution in [0.4, 0.5) is 0 Å². The Hall–Kier alpha value is -1.81. The van der Waals surface area contributed by atoms with E-state index in [1.807, 2.05) is 44.4 Å². The molecule has 1 heterocycles. The molecule has 0 fully saturated rings. The highest BCUT2D eigenvalue weighted by Gasteiger charge is 2.05. The Labute approximate surface area is 113 Å². The van der Waals surface area contributed by atoms with Gasteiger partial charge < -0.3 is 5.32 Å². The minimum atomic E-state index is 0.0662. The van der Waals surface area contributed by atoms with Gasteiger partial charge in [0.1, 0.15) is 0 Å². The first-order valence-corrected chi connectivity index (χ1v) is 6.70. The van der Waals surface area contributed by atoms with Crippen molar-refractivity contribution in [2.24, 2.45) is 0 Å². The summed E-state index contributed by atoms with van der Waals surface area (Å²) < 4.78 is 3.50. The Morgan fingerprint density at radius 3 is 2.53 bits per heavy atom. The molecule has 2 aromatic rings. The molecular weight excluding hydrogens is 238 g/mol. The van der Waals surface area contributed by atoms with Gasteiger partial charge in [0.05, 0.1) is 0 Å². The van der Waals surface area contributed by atoms with Crippen LogP contribution in [0, 0.1) is 0 Å². The lowest BCUT2D eigenvalue weighted by Gasteiger charge is -2.06. The third-order valence-corrected chi connectivity index (χ3v) is 3.13. The van der Waals surface area contributed by atoms with Crippen LogP contribution < -0.4 is 11.0 Å². The molecule has 0 spiro atoms. The fourth-order valence-corrected chi connectivity index (χ4v) is 2.02. The molecule has 0 bridgehead atoms. The number of benzene rings is 1. The van der Waals surface area contributed by atoms with Crippen LogP contribution in [0.5, 0.6) is 0 Å². The number of nitrogens with zero attached hydrogens (tertiary/aromatic N) is 2. The smallest absolute Gasteiger partial charge is 0.311 e. The van der Waals surface area contributed by atoms with Gasteiger partial charge in [0.15, 0.2) is 0 Å². The third-order valence-electron chi connectivity index (χ3n) is 3.13. The summed E-state index contributed by atoms with van der Waals surface area (Å²) in [5.41, 5.74) is 1.33. The normalized spacial score (nSPS) is 11.1. The second kappa shape index (κ2) is 6.38. The van der Waals surface area contributed by atoms with Crippen LogP contribution in [-0.4, -0.2) is 15.7 Å². The van der Waals surface area contributed by atoms with E-state index in [0.29, 0.717) is 6.54 Å². The van der Waals surface area contributed by atoms with E-state index in [1.165, 1.54) is 5.56 Å². The molecule has 4 heteroatoms. The molecule has 0 radical (unpaired) electrons. The Kier molecular flexibility index (Phi) is 4.58. The average molecular weight is 259 g/mol. The molecule has 1 N–H and O–H groups in total. The standard InChI is InChI=1S/C15H21N3O/c1-13(2)18-11-10-17(15(18)19)9-8-16-12-14-6-4-3-5-7-14/h3-7,10-11,13,16H,8-9,12H2,1-2H3. The summed E-state index contributed by atoms with van der Waals surface area (Å²) in [6, 6.07) is 10.5. The second-order valence-electron chi connectivity index (χ2n) is 4.94. The summed E-state index contributed by atoms with van der Waals surface area (Å²) in [5, 5.41) is 3.35. The number of nitrogens with one attached hydrogen (secondary N) is 1. The fraction of sp³-hybridized carbons (Fsp3) is 0.400. The van der Waals surface area contributed by atoms with Crippen LogP contribution >= 0.6 is 0 Å². The first kappa shape index (κ1) is 13.6. The third kappa shape index (κ3) is 3.58. The lowest BCUT2D eigenvalue weighted by Crippen LogP contribution is -2.29. The molecule has 102 valence electrons. The number of aromatic nitrogens is 2. The van der Waals surface area contributed by atoms with E-state index in [0.717, 1.165) is 13.1 Å². The van der Waals surface area contributed by atoms with Crippen molar-refractivity contribution >= 4 is 0 Å². The number of imidazole rings is 1. The van der Waals surface area contributed by atoms with Crippen molar-refractivity contribution in [2.45, 2.75) is 33.0 Å². The zero-order chi connectivity index (χ0) is 13.7. The summed E-state index contributed by atoms with van der Waals surface area (Å²) in [6.07, 6.45) is 3.71. The van der Waals surface area contributed by atoms with Crippen molar-refractivity contribution in [3.63, 3.8) is 0 Å². The van der Waals surface area contributed by atoms with E-state index in [9.17, 15) is 4.79 Å². The quantitative estimate of drug-likeness (QED) is 0.806. The second-order valence-corrected chi connectivity index (χ2v) is 4.94. The highest BCUT2D eigenvalue weighted by Crippen LogP contribution is 1.99. The van der Waals surface area contributed by atoms with Gasteiger partial charge in [-0.25, -0.2) is 4.79 Å². The fourth-order valence-electron chi connectivity index (χ4n) is 2.02. The zero-order valence-electron chi connectivity index (χ0n) is 11.5. The number of hydrogen-bond acceptors (Lipinski definition) is 2. The zero-order valence-corrected chi connectivity index (χ0v) is 11.5. The Bertz CT molecular complexity index is 554. The molecular formula is C15H21N3O. The van der Waals surface area contributed by atoms with Crippen LogP contribution in [-0.2, 0) is 13.1 Å². The van der Waals surface area contributed by atoms with Crippen molar-refractivity contribution in [1.29, 1.82) is 0 Å². The topological polar surface area (TPSA) is 39.0 Å². The average Bonchev–Trinajstić information content (AvgIpc) is 2.77. The minimum absolute atomic E-state index is 0.0662. The predicted molar refractivity (Wildman–Crippen MR) is 77.2 cm³/mol. The van der Waals surface area contributed by atoms with Crippen molar-refractivity contribution < 1.29 is 0 Å². The minimum Gasteiger partial charge on any atom is -0.311 e. The van der Waals surface area contributed by atoms with Gasteiger partial charge in [-0.2, -0.15) is 0 Å². The first-order chi connectivity index (χ1) is 9.18. The van der Waals surface area contributed by atoms with Crippen LogP contribution in [0.3, 0.4) is 0 Å². The van der Waals surface area contributed by atoms with E-state index in [2.05, 4.69) is 17.4 Å². The highest BCUT2D eigenvalue weighted by atomic mass is 16.1. The summed E-state index contributed by atoms with van der Waals surface area (Å²) in [6.45, 7) is 6.35. The van der Waals surface area contributed by atoms with Gasteiger partial charge >= 0.3 is 5.69 Å². The molecule has 19 heavy (non-hydrogen) atoms. The van der Waals surface area contributed by atoms with E-state index < -0.39 is 0 Å². The predicted octanol–water partition coefficient (Wildman–Crippen LogP) is 2.02. The van der Waals surface area contributed by atoms with Gasteiger partial charge in [-0.1, -0.05) is 30.3 Å². The molecule has 1 aromatic carbocycles. The van der Waals surface area contributed by atoms with Crippen LogP contribution in [0.25, 0.3) is 0 Å². The lowest BCUT2D eigenvalue weighted by atomic mass is 10.2. The molecule has 2 rings (SSSR count). The summed E-state index contributed by atoms with van der Waals surface area (Å²) in [5.74, 6) is 0. The van der Waals surface area contributed by atoms with Crippen LogP contribution in [0.2, 0.25) is 0 Å². The van der Waals surface area contributed by atoms with Gasteiger partial charge in [-0.05, 0) is 19.4 Å². The monoisotopic (exact) mass is 259 g/mol. The van der Waals surface area contributed by atoms with Gasteiger partial charge in [-0.3, -0.25) is 9.13 Å². The van der Waals surface area contributed by atoms with E-state index in [4.69, 9.17) is 0 Å². The van der Waals surface area contributed by atoms with E-state index >= 15 is 0 Å². The molecule has 4 nitrogen and oxygen atoms in total. The first-order valence-electron chi connectivity index (χ1n) is 6.70. The SMILES string of the molecule is CC(C)n1ccn(CCNCc2ccccc2)c1=O. The molecule has 0 aliphatic rings. The van der Waals surface area contributed by atoms with Crippen molar-refractivity contribution in [1.82, 2.24) is 14.5 Å². The number of hydrogen-bond donors (Lipinski definition) is 1. The molecule has 0 saturated carbocycles. The van der Waals surface area contributed by atoms with E-state index in [-0.39, 0.29) is 11.7 Å². The highest BCUT2D eigenvalue weighted by molar-refractivity contribution is 5.14. The van der Waals surface area contributed by atoms with Gasteiger partial charge in [-0.15, -0.1) is 0 Å². The summed E-state index contributed by atoms with van der Waals surface area (Å²) in [7, 11) is 0. The van der Waals surface area contributed by atoms with Crippen LogP contribution in [0.1, 0.15) is 25.5 Å².